The number of benzene rings is 1. The molecule has 2 N–H and O–H groups in total. The standard InChI is InChI=1S/C15H18ClN3/c1-19-13(7-10-18-19)14(17)15(8-2-9-15)11-3-5-12(16)6-4-11/h3-7,10,14H,2,8-9,17H2,1H3. The van der Waals surface area contributed by atoms with Gasteiger partial charge in [-0.25, -0.2) is 0 Å². The van der Waals surface area contributed by atoms with Crippen molar-refractivity contribution < 1.29 is 0 Å². The molecule has 0 saturated heterocycles. The lowest BCUT2D eigenvalue weighted by Gasteiger charge is -2.47. The second-order valence-electron chi connectivity index (χ2n) is 5.37. The Morgan fingerprint density at radius 2 is 1.95 bits per heavy atom. The van der Waals surface area contributed by atoms with Gasteiger partial charge < -0.3 is 5.73 Å². The number of halogens is 1. The zero-order valence-electron chi connectivity index (χ0n) is 11.0. The van der Waals surface area contributed by atoms with E-state index < -0.39 is 0 Å². The van der Waals surface area contributed by atoms with Crippen LogP contribution in [0.25, 0.3) is 0 Å². The minimum absolute atomic E-state index is 0.0186. The summed E-state index contributed by atoms with van der Waals surface area (Å²) in [5.41, 5.74) is 8.98. The van der Waals surface area contributed by atoms with Crippen LogP contribution in [-0.2, 0) is 12.5 Å². The first kappa shape index (κ1) is 12.7. The Labute approximate surface area is 118 Å². The predicted molar refractivity (Wildman–Crippen MR) is 77.1 cm³/mol. The zero-order valence-corrected chi connectivity index (χ0v) is 11.8. The highest BCUT2D eigenvalue weighted by atomic mass is 35.5. The average Bonchev–Trinajstić information content (AvgIpc) is 2.76. The van der Waals surface area contributed by atoms with Gasteiger partial charge in [-0.1, -0.05) is 30.2 Å². The molecule has 100 valence electrons. The molecule has 1 atom stereocenters. The molecule has 0 radical (unpaired) electrons. The number of aromatic nitrogens is 2. The van der Waals surface area contributed by atoms with Crippen molar-refractivity contribution in [3.63, 3.8) is 0 Å². The van der Waals surface area contributed by atoms with Crippen molar-refractivity contribution in [2.75, 3.05) is 0 Å². The Balaban J connectivity index is 1.99. The molecule has 1 fully saturated rings. The van der Waals surface area contributed by atoms with Crippen molar-refractivity contribution in [1.29, 1.82) is 0 Å². The van der Waals surface area contributed by atoms with Crippen molar-refractivity contribution in [3.8, 4) is 0 Å². The molecule has 1 heterocycles. The van der Waals surface area contributed by atoms with Crippen LogP contribution in [0, 0.1) is 0 Å². The van der Waals surface area contributed by atoms with Gasteiger partial charge in [0.15, 0.2) is 0 Å². The van der Waals surface area contributed by atoms with Crippen molar-refractivity contribution in [2.24, 2.45) is 12.8 Å². The Hall–Kier alpha value is -1.32. The van der Waals surface area contributed by atoms with E-state index in [0.29, 0.717) is 0 Å². The maximum absolute atomic E-state index is 6.56. The summed E-state index contributed by atoms with van der Waals surface area (Å²) in [6.07, 6.45) is 5.29. The van der Waals surface area contributed by atoms with E-state index >= 15 is 0 Å². The molecular formula is C15H18ClN3. The summed E-state index contributed by atoms with van der Waals surface area (Å²) >= 11 is 5.98. The van der Waals surface area contributed by atoms with Gasteiger partial charge >= 0.3 is 0 Å². The van der Waals surface area contributed by atoms with Gasteiger partial charge in [0.1, 0.15) is 0 Å². The molecule has 4 heteroatoms. The van der Waals surface area contributed by atoms with Crippen LogP contribution < -0.4 is 5.73 Å². The molecular weight excluding hydrogens is 258 g/mol. The first-order chi connectivity index (χ1) is 9.13. The molecule has 1 unspecified atom stereocenters. The van der Waals surface area contributed by atoms with E-state index in [1.165, 1.54) is 12.0 Å². The molecule has 1 aliphatic carbocycles. The van der Waals surface area contributed by atoms with E-state index in [-0.39, 0.29) is 11.5 Å². The van der Waals surface area contributed by atoms with E-state index in [0.717, 1.165) is 23.6 Å². The highest BCUT2D eigenvalue weighted by Gasteiger charge is 2.45. The molecule has 3 nitrogen and oxygen atoms in total. The molecule has 0 amide bonds. The Kier molecular flexibility index (Phi) is 3.11. The van der Waals surface area contributed by atoms with Gasteiger partial charge in [-0.15, -0.1) is 0 Å². The van der Waals surface area contributed by atoms with Crippen molar-refractivity contribution in [3.05, 3.63) is 52.8 Å². The fourth-order valence-corrected chi connectivity index (χ4v) is 3.22. The lowest BCUT2D eigenvalue weighted by molar-refractivity contribution is 0.191. The minimum atomic E-state index is -0.0186. The fourth-order valence-electron chi connectivity index (χ4n) is 3.09. The van der Waals surface area contributed by atoms with E-state index in [2.05, 4.69) is 17.2 Å². The third kappa shape index (κ3) is 1.97. The fraction of sp³-hybridized carbons (Fsp3) is 0.400. The van der Waals surface area contributed by atoms with Gasteiger partial charge in [-0.2, -0.15) is 5.10 Å². The summed E-state index contributed by atoms with van der Waals surface area (Å²) in [4.78, 5) is 0. The molecule has 1 aliphatic rings. The number of nitrogens with zero attached hydrogens (tertiary/aromatic N) is 2. The van der Waals surface area contributed by atoms with Crippen LogP contribution in [-0.4, -0.2) is 9.78 Å². The van der Waals surface area contributed by atoms with Gasteiger partial charge in [-0.3, -0.25) is 4.68 Å². The van der Waals surface area contributed by atoms with Crippen LogP contribution in [0.5, 0.6) is 0 Å². The van der Waals surface area contributed by atoms with Crippen LogP contribution in [0.4, 0.5) is 0 Å². The third-order valence-electron chi connectivity index (χ3n) is 4.44. The van der Waals surface area contributed by atoms with E-state index in [9.17, 15) is 0 Å². The lowest BCUT2D eigenvalue weighted by Crippen LogP contribution is -2.45. The molecule has 0 aliphatic heterocycles. The number of hydrogen-bond acceptors (Lipinski definition) is 2. The second-order valence-corrected chi connectivity index (χ2v) is 5.81. The summed E-state index contributed by atoms with van der Waals surface area (Å²) in [6.45, 7) is 0. The van der Waals surface area contributed by atoms with Gasteiger partial charge in [0, 0.05) is 23.7 Å². The van der Waals surface area contributed by atoms with E-state index in [4.69, 9.17) is 17.3 Å². The molecule has 1 saturated carbocycles. The Morgan fingerprint density at radius 3 is 2.42 bits per heavy atom. The van der Waals surface area contributed by atoms with Crippen LogP contribution >= 0.6 is 11.6 Å². The monoisotopic (exact) mass is 275 g/mol. The van der Waals surface area contributed by atoms with Gasteiger partial charge in [0.2, 0.25) is 0 Å². The maximum atomic E-state index is 6.56. The maximum Gasteiger partial charge on any atom is 0.0565 e. The first-order valence-electron chi connectivity index (χ1n) is 6.63. The highest BCUT2D eigenvalue weighted by molar-refractivity contribution is 6.30. The van der Waals surface area contributed by atoms with Gasteiger partial charge in [-0.05, 0) is 36.6 Å². The normalized spacial score (nSPS) is 18.9. The second kappa shape index (κ2) is 4.66. The number of hydrogen-bond donors (Lipinski definition) is 1. The van der Waals surface area contributed by atoms with Crippen LogP contribution in [0.1, 0.15) is 36.6 Å². The quantitative estimate of drug-likeness (QED) is 0.935. The Morgan fingerprint density at radius 1 is 1.26 bits per heavy atom. The highest BCUT2D eigenvalue weighted by Crippen LogP contribution is 2.51. The molecule has 0 spiro atoms. The smallest absolute Gasteiger partial charge is 0.0565 e. The molecule has 19 heavy (non-hydrogen) atoms. The molecule has 1 aromatic carbocycles. The summed E-state index contributed by atoms with van der Waals surface area (Å²) in [5, 5.41) is 5.00. The van der Waals surface area contributed by atoms with Gasteiger partial charge in [0.05, 0.1) is 11.7 Å². The largest absolute Gasteiger partial charge is 0.322 e. The molecule has 0 bridgehead atoms. The van der Waals surface area contributed by atoms with E-state index in [1.807, 2.05) is 36.1 Å². The molecule has 3 rings (SSSR count). The predicted octanol–water partition coefficient (Wildman–Crippen LogP) is 3.20. The van der Waals surface area contributed by atoms with E-state index in [1.54, 1.807) is 0 Å². The van der Waals surface area contributed by atoms with Crippen molar-refractivity contribution >= 4 is 11.6 Å². The van der Waals surface area contributed by atoms with Crippen LogP contribution in [0.3, 0.4) is 0 Å². The number of nitrogens with two attached hydrogens (primary N) is 1. The number of aryl methyl sites for hydroxylation is 1. The van der Waals surface area contributed by atoms with Crippen LogP contribution in [0.2, 0.25) is 5.02 Å². The zero-order chi connectivity index (χ0) is 13.5. The third-order valence-corrected chi connectivity index (χ3v) is 4.69. The minimum Gasteiger partial charge on any atom is -0.322 e. The van der Waals surface area contributed by atoms with Crippen molar-refractivity contribution in [2.45, 2.75) is 30.7 Å². The summed E-state index contributed by atoms with van der Waals surface area (Å²) in [5.74, 6) is 0. The SMILES string of the molecule is Cn1nccc1C(N)C1(c2ccc(Cl)cc2)CCC1. The Bertz CT molecular complexity index is 569. The molecule has 2 aromatic rings. The summed E-state index contributed by atoms with van der Waals surface area (Å²) in [7, 11) is 1.95. The summed E-state index contributed by atoms with van der Waals surface area (Å²) < 4.78 is 1.88. The molecule has 1 aromatic heterocycles. The average molecular weight is 276 g/mol. The van der Waals surface area contributed by atoms with Crippen molar-refractivity contribution in [1.82, 2.24) is 9.78 Å². The van der Waals surface area contributed by atoms with Gasteiger partial charge in [0.25, 0.3) is 0 Å². The topological polar surface area (TPSA) is 43.8 Å². The first-order valence-corrected chi connectivity index (χ1v) is 7.01. The van der Waals surface area contributed by atoms with Crippen LogP contribution in [0.15, 0.2) is 36.5 Å². The summed E-state index contributed by atoms with van der Waals surface area (Å²) in [6, 6.07) is 10.1. The lowest BCUT2D eigenvalue weighted by atomic mass is 9.59. The number of rotatable bonds is 3.